The molecule has 0 unspecified atom stereocenters. The van der Waals surface area contributed by atoms with Crippen molar-refractivity contribution in [3.05, 3.63) is 52.8 Å². The molecular formula is C19H22FNO3S. The van der Waals surface area contributed by atoms with Crippen LogP contribution in [0, 0.1) is 12.7 Å². The highest BCUT2D eigenvalue weighted by atomic mass is 32.2. The van der Waals surface area contributed by atoms with Crippen LogP contribution in [0.3, 0.4) is 0 Å². The van der Waals surface area contributed by atoms with Crippen molar-refractivity contribution in [2.75, 3.05) is 18.7 Å². The number of benzene rings is 2. The molecule has 2 rings (SSSR count). The quantitative estimate of drug-likeness (QED) is 0.768. The van der Waals surface area contributed by atoms with Gasteiger partial charge in [0.15, 0.2) is 11.6 Å². The van der Waals surface area contributed by atoms with Gasteiger partial charge in [0.25, 0.3) is 5.24 Å². The van der Waals surface area contributed by atoms with Gasteiger partial charge < -0.3 is 14.8 Å². The fourth-order valence-corrected chi connectivity index (χ4v) is 2.73. The molecule has 6 heteroatoms. The minimum atomic E-state index is -0.396. The summed E-state index contributed by atoms with van der Waals surface area (Å²) in [5.74, 6) is 0.357. The number of amides is 1. The average Bonchev–Trinajstić information content (AvgIpc) is 2.62. The van der Waals surface area contributed by atoms with Gasteiger partial charge in [-0.05, 0) is 55.0 Å². The fourth-order valence-electron chi connectivity index (χ4n) is 2.52. The van der Waals surface area contributed by atoms with Gasteiger partial charge >= 0.3 is 0 Å². The van der Waals surface area contributed by atoms with Crippen molar-refractivity contribution in [2.24, 2.45) is 0 Å². The summed E-state index contributed by atoms with van der Waals surface area (Å²) in [5.41, 5.74) is 3.18. The Labute approximate surface area is 151 Å². The lowest BCUT2D eigenvalue weighted by molar-refractivity contribution is 0.269. The van der Waals surface area contributed by atoms with Crippen LogP contribution in [0.4, 0.5) is 14.9 Å². The molecule has 0 aliphatic carbocycles. The van der Waals surface area contributed by atoms with E-state index < -0.39 is 5.82 Å². The van der Waals surface area contributed by atoms with Crippen LogP contribution in [0.15, 0.2) is 30.3 Å². The Hall–Kier alpha value is -2.21. The minimum Gasteiger partial charge on any atom is -0.496 e. The van der Waals surface area contributed by atoms with Gasteiger partial charge in [0.05, 0.1) is 18.4 Å². The second kappa shape index (κ2) is 8.76. The largest absolute Gasteiger partial charge is 0.496 e. The van der Waals surface area contributed by atoms with Crippen molar-refractivity contribution in [1.82, 2.24) is 0 Å². The molecule has 0 radical (unpaired) electrons. The minimum absolute atomic E-state index is 0.0792. The number of carbonyl (C=O) groups excluding carboxylic acids is 1. The zero-order valence-corrected chi connectivity index (χ0v) is 15.6. The van der Waals surface area contributed by atoms with Gasteiger partial charge in [0.2, 0.25) is 0 Å². The lowest BCUT2D eigenvalue weighted by Crippen LogP contribution is -2.09. The van der Waals surface area contributed by atoms with E-state index in [-0.39, 0.29) is 17.6 Å². The molecule has 1 amide bonds. The Morgan fingerprint density at radius 1 is 1.28 bits per heavy atom. The second-order valence-electron chi connectivity index (χ2n) is 5.45. The van der Waals surface area contributed by atoms with Gasteiger partial charge in [0.1, 0.15) is 12.4 Å². The first-order chi connectivity index (χ1) is 12.0. The van der Waals surface area contributed by atoms with Gasteiger partial charge in [-0.25, -0.2) is 4.39 Å². The number of methoxy groups -OCH3 is 1. The van der Waals surface area contributed by atoms with Crippen molar-refractivity contribution >= 4 is 22.7 Å². The normalized spacial score (nSPS) is 10.4. The predicted octanol–water partition coefficient (Wildman–Crippen LogP) is 5.18. The third kappa shape index (κ3) is 4.66. The highest BCUT2D eigenvalue weighted by molar-refractivity contribution is 8.13. The molecule has 0 aliphatic heterocycles. The molecule has 0 fully saturated rings. The van der Waals surface area contributed by atoms with Crippen LogP contribution in [0.1, 0.15) is 23.6 Å². The van der Waals surface area contributed by atoms with Crippen molar-refractivity contribution in [2.45, 2.75) is 26.9 Å². The number of ether oxygens (including phenoxy) is 2. The molecule has 0 saturated carbocycles. The van der Waals surface area contributed by atoms with E-state index in [1.807, 2.05) is 13.8 Å². The maximum absolute atomic E-state index is 14.2. The maximum Gasteiger partial charge on any atom is 0.283 e. The molecule has 0 spiro atoms. The van der Waals surface area contributed by atoms with Gasteiger partial charge in [-0.3, -0.25) is 4.79 Å². The summed E-state index contributed by atoms with van der Waals surface area (Å²) in [7, 11) is 1.54. The Kier molecular flexibility index (Phi) is 6.70. The van der Waals surface area contributed by atoms with Crippen molar-refractivity contribution in [3.63, 3.8) is 0 Å². The number of carbonyl (C=O) groups is 1. The smallest absolute Gasteiger partial charge is 0.283 e. The highest BCUT2D eigenvalue weighted by Gasteiger charge is 2.14. The van der Waals surface area contributed by atoms with Gasteiger partial charge in [-0.1, -0.05) is 24.8 Å². The summed E-state index contributed by atoms with van der Waals surface area (Å²) in [6.45, 7) is 3.99. The van der Waals surface area contributed by atoms with Crippen LogP contribution in [-0.2, 0) is 13.0 Å². The number of hydrogen-bond donors (Lipinski definition) is 1. The van der Waals surface area contributed by atoms with Gasteiger partial charge in [-0.15, -0.1) is 0 Å². The maximum atomic E-state index is 14.2. The molecular weight excluding hydrogens is 341 g/mol. The van der Waals surface area contributed by atoms with E-state index in [2.05, 4.69) is 5.32 Å². The van der Waals surface area contributed by atoms with Gasteiger partial charge in [-0.2, -0.15) is 0 Å². The van der Waals surface area contributed by atoms with Gasteiger partial charge in [0, 0.05) is 0 Å². The monoisotopic (exact) mass is 363 g/mol. The van der Waals surface area contributed by atoms with Crippen LogP contribution >= 0.6 is 11.8 Å². The Morgan fingerprint density at radius 3 is 2.68 bits per heavy atom. The number of nitrogens with one attached hydrogen (secondary N) is 1. The van der Waals surface area contributed by atoms with Crippen LogP contribution in [0.2, 0.25) is 0 Å². The topological polar surface area (TPSA) is 47.6 Å². The third-order valence-corrected chi connectivity index (χ3v) is 4.39. The van der Waals surface area contributed by atoms with Crippen molar-refractivity contribution in [3.8, 4) is 11.5 Å². The number of halogens is 1. The van der Waals surface area contributed by atoms with Crippen molar-refractivity contribution in [1.29, 1.82) is 0 Å². The average molecular weight is 363 g/mol. The number of thioether (sulfide) groups is 1. The van der Waals surface area contributed by atoms with Crippen LogP contribution in [0.25, 0.3) is 0 Å². The first-order valence-corrected chi connectivity index (χ1v) is 9.15. The Morgan fingerprint density at radius 2 is 2.04 bits per heavy atom. The Bertz CT molecular complexity index is 765. The Balaban J connectivity index is 2.28. The lowest BCUT2D eigenvalue weighted by Gasteiger charge is -2.16. The SMILES string of the molecule is CCc1cc(F)c(OCc2c(NC(=O)SC)cccc2OC)cc1C. The standard InChI is InChI=1S/C19H22FNO3S/c1-5-13-10-15(20)18(9-12(13)2)24-11-14-16(21-19(22)25-4)7-6-8-17(14)23-3/h6-10H,5,11H2,1-4H3,(H,21,22). The van der Waals surface area contributed by atoms with E-state index in [0.29, 0.717) is 17.0 Å². The number of rotatable bonds is 6. The summed E-state index contributed by atoms with van der Waals surface area (Å²) in [5, 5.41) is 2.59. The predicted molar refractivity (Wildman–Crippen MR) is 100 cm³/mol. The molecule has 0 aliphatic rings. The van der Waals surface area contributed by atoms with E-state index in [9.17, 15) is 9.18 Å². The lowest BCUT2D eigenvalue weighted by atomic mass is 10.1. The molecule has 4 nitrogen and oxygen atoms in total. The molecule has 0 bridgehead atoms. The zero-order chi connectivity index (χ0) is 18.4. The fraction of sp³-hybridized carbons (Fsp3) is 0.316. The summed E-state index contributed by atoms with van der Waals surface area (Å²) in [4.78, 5) is 11.7. The molecule has 0 saturated heterocycles. The first kappa shape index (κ1) is 19.1. The molecule has 0 atom stereocenters. The number of anilines is 1. The summed E-state index contributed by atoms with van der Waals surface area (Å²) < 4.78 is 25.3. The first-order valence-electron chi connectivity index (χ1n) is 7.92. The molecule has 0 heterocycles. The zero-order valence-electron chi connectivity index (χ0n) is 14.8. The molecule has 1 N–H and O–H groups in total. The van der Waals surface area contributed by atoms with Crippen LogP contribution < -0.4 is 14.8 Å². The second-order valence-corrected chi connectivity index (χ2v) is 6.23. The summed E-state index contributed by atoms with van der Waals surface area (Å²) in [6.07, 6.45) is 2.46. The molecule has 2 aromatic rings. The highest BCUT2D eigenvalue weighted by Crippen LogP contribution is 2.30. The van der Waals surface area contributed by atoms with Crippen molar-refractivity contribution < 1.29 is 18.7 Å². The van der Waals surface area contributed by atoms with E-state index >= 15 is 0 Å². The number of hydrogen-bond acceptors (Lipinski definition) is 4. The molecule has 25 heavy (non-hydrogen) atoms. The molecule has 2 aromatic carbocycles. The summed E-state index contributed by atoms with van der Waals surface area (Å²) >= 11 is 1.07. The van der Waals surface area contributed by atoms with E-state index in [1.54, 1.807) is 37.6 Å². The molecule has 0 aromatic heterocycles. The van der Waals surface area contributed by atoms with Crippen LogP contribution in [-0.4, -0.2) is 18.6 Å². The van der Waals surface area contributed by atoms with E-state index in [1.165, 1.54) is 6.07 Å². The third-order valence-electron chi connectivity index (χ3n) is 3.92. The van der Waals surface area contributed by atoms with E-state index in [4.69, 9.17) is 9.47 Å². The molecule has 134 valence electrons. The summed E-state index contributed by atoms with van der Waals surface area (Å²) in [6, 6.07) is 8.51. The van der Waals surface area contributed by atoms with E-state index in [0.717, 1.165) is 29.3 Å². The number of aryl methyl sites for hydroxylation is 2. The van der Waals surface area contributed by atoms with Crippen LogP contribution in [0.5, 0.6) is 11.5 Å².